The Bertz CT molecular complexity index is 605. The van der Waals surface area contributed by atoms with Crippen molar-refractivity contribution in [3.63, 3.8) is 0 Å². The van der Waals surface area contributed by atoms with Crippen LogP contribution in [0.2, 0.25) is 0 Å². The van der Waals surface area contributed by atoms with Crippen LogP contribution in [0.25, 0.3) is 0 Å². The van der Waals surface area contributed by atoms with Crippen LogP contribution in [-0.2, 0) is 9.59 Å². The monoisotopic (exact) mass is 295 g/mol. The van der Waals surface area contributed by atoms with Gasteiger partial charge >= 0.3 is 0 Å². The molecule has 2 amide bonds. The number of carbonyl (C=O) groups is 2. The largest absolute Gasteiger partial charge is 0.342 e. The molecule has 1 aromatic carbocycles. The lowest BCUT2D eigenvalue weighted by Crippen LogP contribution is -2.28. The zero-order chi connectivity index (χ0) is 15.6. The summed E-state index contributed by atoms with van der Waals surface area (Å²) in [4.78, 5) is 35.3. The number of rotatable bonds is 4. The second-order valence-corrected chi connectivity index (χ2v) is 4.74. The van der Waals surface area contributed by atoms with Crippen LogP contribution in [0.15, 0.2) is 18.2 Å². The van der Waals surface area contributed by atoms with Crippen LogP contribution < -0.4 is 5.32 Å². The smallest absolute Gasteiger partial charge is 0.295 e. The highest BCUT2D eigenvalue weighted by Crippen LogP contribution is 2.27. The molecule has 7 nitrogen and oxygen atoms in total. The number of nitro groups is 1. The lowest BCUT2D eigenvalue weighted by Gasteiger charge is -2.13. The van der Waals surface area contributed by atoms with Crippen LogP contribution in [0, 0.1) is 21.8 Å². The van der Waals surface area contributed by atoms with E-state index in [0.29, 0.717) is 6.54 Å². The molecule has 1 N–H and O–H groups in total. The number of hydrogen-bond acceptors (Lipinski definition) is 4. The molecule has 1 fully saturated rings. The van der Waals surface area contributed by atoms with Gasteiger partial charge in [0.05, 0.1) is 16.9 Å². The minimum absolute atomic E-state index is 0.0752. The van der Waals surface area contributed by atoms with Crippen molar-refractivity contribution in [3.05, 3.63) is 34.1 Å². The molecule has 21 heavy (non-hydrogen) atoms. The van der Waals surface area contributed by atoms with E-state index < -0.39 is 28.3 Å². The summed E-state index contributed by atoms with van der Waals surface area (Å²) >= 11 is 0. The molecule has 1 aliphatic rings. The van der Waals surface area contributed by atoms with Crippen LogP contribution in [0.1, 0.15) is 13.3 Å². The first kappa shape index (κ1) is 14.9. The Labute approximate surface area is 119 Å². The molecule has 1 heterocycles. The third-order valence-corrected chi connectivity index (χ3v) is 3.38. The molecule has 112 valence electrons. The number of amides is 2. The minimum Gasteiger partial charge on any atom is -0.342 e. The van der Waals surface area contributed by atoms with E-state index in [2.05, 4.69) is 5.32 Å². The van der Waals surface area contributed by atoms with Crippen molar-refractivity contribution in [2.75, 3.05) is 18.4 Å². The van der Waals surface area contributed by atoms with Gasteiger partial charge in [0.2, 0.25) is 11.8 Å². The van der Waals surface area contributed by atoms with Crippen molar-refractivity contribution in [1.29, 1.82) is 0 Å². The fourth-order valence-electron chi connectivity index (χ4n) is 2.25. The van der Waals surface area contributed by atoms with Crippen molar-refractivity contribution in [1.82, 2.24) is 4.90 Å². The van der Waals surface area contributed by atoms with E-state index in [1.165, 1.54) is 0 Å². The van der Waals surface area contributed by atoms with Gasteiger partial charge in [0, 0.05) is 19.5 Å². The molecule has 1 saturated heterocycles. The predicted octanol–water partition coefficient (Wildman–Crippen LogP) is 1.54. The van der Waals surface area contributed by atoms with E-state index in [1.54, 1.807) is 4.90 Å². The minimum atomic E-state index is -0.767. The van der Waals surface area contributed by atoms with Crippen molar-refractivity contribution < 1.29 is 18.9 Å². The lowest BCUT2D eigenvalue weighted by atomic mass is 10.1. The number of nitro benzene ring substituents is 1. The maximum atomic E-state index is 13.0. The zero-order valence-electron chi connectivity index (χ0n) is 11.3. The number of nitrogens with one attached hydrogen (secondary N) is 1. The highest BCUT2D eigenvalue weighted by Gasteiger charge is 2.34. The summed E-state index contributed by atoms with van der Waals surface area (Å²) in [7, 11) is 0. The summed E-state index contributed by atoms with van der Waals surface area (Å²) in [6.07, 6.45) is 0.0780. The van der Waals surface area contributed by atoms with Crippen LogP contribution in [0.5, 0.6) is 0 Å². The highest BCUT2D eigenvalue weighted by molar-refractivity contribution is 5.98. The predicted molar refractivity (Wildman–Crippen MR) is 72.0 cm³/mol. The first-order valence-corrected chi connectivity index (χ1v) is 6.45. The summed E-state index contributed by atoms with van der Waals surface area (Å²) in [5.41, 5.74) is -0.589. The molecular formula is C13H14FN3O4. The van der Waals surface area contributed by atoms with E-state index in [-0.39, 0.29) is 24.6 Å². The molecule has 0 aromatic heterocycles. The van der Waals surface area contributed by atoms with Crippen molar-refractivity contribution in [3.8, 4) is 0 Å². The van der Waals surface area contributed by atoms with E-state index in [9.17, 15) is 24.1 Å². The molecule has 0 aliphatic carbocycles. The molecule has 0 spiro atoms. The molecule has 1 atom stereocenters. The summed E-state index contributed by atoms with van der Waals surface area (Å²) < 4.78 is 13.0. The molecule has 0 unspecified atom stereocenters. The second-order valence-electron chi connectivity index (χ2n) is 4.74. The number of likely N-dealkylation sites (tertiary alicyclic amines) is 1. The number of benzene rings is 1. The van der Waals surface area contributed by atoms with E-state index >= 15 is 0 Å². The number of hydrogen-bond donors (Lipinski definition) is 1. The van der Waals surface area contributed by atoms with Gasteiger partial charge in [-0.05, 0) is 19.1 Å². The van der Waals surface area contributed by atoms with Gasteiger partial charge in [-0.25, -0.2) is 4.39 Å². The highest BCUT2D eigenvalue weighted by atomic mass is 19.1. The molecule has 1 aromatic rings. The standard InChI is InChI=1S/C13H14FN3O4/c1-2-16-7-8(5-12(16)18)13(19)15-10-4-3-9(14)6-11(10)17(20)21/h3-4,6,8H,2,5,7H2,1H3,(H,15,19)/t8-/m0/s1. The van der Waals surface area contributed by atoms with Gasteiger partial charge in [-0.15, -0.1) is 0 Å². The molecule has 2 rings (SSSR count). The van der Waals surface area contributed by atoms with Crippen LogP contribution in [0.4, 0.5) is 15.8 Å². The number of carbonyl (C=O) groups excluding carboxylic acids is 2. The first-order valence-electron chi connectivity index (χ1n) is 6.45. The first-order chi connectivity index (χ1) is 9.92. The normalized spacial score (nSPS) is 17.9. The van der Waals surface area contributed by atoms with Gasteiger partial charge in [0.15, 0.2) is 0 Å². The van der Waals surface area contributed by atoms with E-state index in [1.807, 2.05) is 6.92 Å². The van der Waals surface area contributed by atoms with Crippen LogP contribution in [-0.4, -0.2) is 34.7 Å². The summed E-state index contributed by atoms with van der Waals surface area (Å²) in [6, 6.07) is 2.91. The van der Waals surface area contributed by atoms with E-state index in [0.717, 1.165) is 18.2 Å². The summed E-state index contributed by atoms with van der Waals surface area (Å²) in [6.45, 7) is 2.61. The Morgan fingerprint density at radius 2 is 2.29 bits per heavy atom. The lowest BCUT2D eigenvalue weighted by molar-refractivity contribution is -0.384. The summed E-state index contributed by atoms with van der Waals surface area (Å²) in [5.74, 6) is -1.91. The maximum Gasteiger partial charge on any atom is 0.295 e. The average molecular weight is 295 g/mol. The Balaban J connectivity index is 2.14. The third kappa shape index (κ3) is 3.15. The number of halogens is 1. The molecular weight excluding hydrogens is 281 g/mol. The Hall–Kier alpha value is -2.51. The fourth-order valence-corrected chi connectivity index (χ4v) is 2.25. The zero-order valence-corrected chi connectivity index (χ0v) is 11.3. The van der Waals surface area contributed by atoms with E-state index in [4.69, 9.17) is 0 Å². The Morgan fingerprint density at radius 3 is 2.86 bits per heavy atom. The quantitative estimate of drug-likeness (QED) is 0.673. The number of anilines is 1. The van der Waals surface area contributed by atoms with Crippen LogP contribution in [0.3, 0.4) is 0 Å². The maximum absolute atomic E-state index is 13.0. The third-order valence-electron chi connectivity index (χ3n) is 3.38. The van der Waals surface area contributed by atoms with Gasteiger partial charge < -0.3 is 10.2 Å². The topological polar surface area (TPSA) is 92.6 Å². The number of nitrogens with zero attached hydrogens (tertiary/aromatic N) is 2. The average Bonchev–Trinajstić information content (AvgIpc) is 2.81. The molecule has 0 saturated carbocycles. The fraction of sp³-hybridized carbons (Fsp3) is 0.385. The van der Waals surface area contributed by atoms with Gasteiger partial charge in [-0.1, -0.05) is 0 Å². The molecule has 1 aliphatic heterocycles. The van der Waals surface area contributed by atoms with Gasteiger partial charge in [0.25, 0.3) is 5.69 Å². The van der Waals surface area contributed by atoms with Crippen molar-refractivity contribution in [2.45, 2.75) is 13.3 Å². The van der Waals surface area contributed by atoms with Crippen LogP contribution >= 0.6 is 0 Å². The van der Waals surface area contributed by atoms with Gasteiger partial charge in [-0.2, -0.15) is 0 Å². The van der Waals surface area contributed by atoms with Gasteiger partial charge in [0.1, 0.15) is 11.5 Å². The Kier molecular flexibility index (Phi) is 4.15. The molecule has 8 heteroatoms. The Morgan fingerprint density at radius 1 is 1.57 bits per heavy atom. The van der Waals surface area contributed by atoms with Gasteiger partial charge in [-0.3, -0.25) is 19.7 Å². The van der Waals surface area contributed by atoms with Crippen molar-refractivity contribution in [2.24, 2.45) is 5.92 Å². The summed E-state index contributed by atoms with van der Waals surface area (Å²) in [5, 5.41) is 13.3. The second kappa shape index (κ2) is 5.86. The van der Waals surface area contributed by atoms with Crippen molar-refractivity contribution >= 4 is 23.2 Å². The SMILES string of the molecule is CCN1C[C@@H](C(=O)Nc2ccc(F)cc2[N+](=O)[O-])CC1=O. The molecule has 0 bridgehead atoms. The molecule has 0 radical (unpaired) electrons.